The van der Waals surface area contributed by atoms with Gasteiger partial charge in [0.25, 0.3) is 0 Å². The summed E-state index contributed by atoms with van der Waals surface area (Å²) in [6.45, 7) is 4.65. The average molecular weight is 196 g/mol. The molecule has 0 aliphatic carbocycles. The maximum absolute atomic E-state index is 11.6. The second kappa shape index (κ2) is 3.35. The molecule has 0 bridgehead atoms. The van der Waals surface area contributed by atoms with E-state index in [2.05, 4.69) is 11.8 Å². The molecule has 0 aromatic rings. The molecule has 2 aliphatic rings. The minimum Gasteiger partial charge on any atom is -0.302 e. The number of hydrogen-bond donors (Lipinski definition) is 0. The van der Waals surface area contributed by atoms with Crippen LogP contribution < -0.4 is 0 Å². The minimum absolute atomic E-state index is 0.0126. The van der Waals surface area contributed by atoms with E-state index in [9.17, 15) is 9.59 Å². The zero-order chi connectivity index (χ0) is 10.3. The van der Waals surface area contributed by atoms with Crippen molar-refractivity contribution in [1.29, 1.82) is 0 Å². The average Bonchev–Trinajstić information content (AvgIpc) is 2.65. The first kappa shape index (κ1) is 9.65. The first-order valence-electron chi connectivity index (χ1n) is 5.19. The van der Waals surface area contributed by atoms with E-state index >= 15 is 0 Å². The largest absolute Gasteiger partial charge is 0.302 e. The Morgan fingerprint density at radius 3 is 2.14 bits per heavy atom. The van der Waals surface area contributed by atoms with Crippen molar-refractivity contribution in [2.24, 2.45) is 11.8 Å². The fourth-order valence-corrected chi connectivity index (χ4v) is 2.49. The van der Waals surface area contributed by atoms with Crippen LogP contribution in [0.5, 0.6) is 0 Å². The van der Waals surface area contributed by atoms with E-state index in [0.29, 0.717) is 0 Å². The van der Waals surface area contributed by atoms with Crippen LogP contribution in [0.4, 0.5) is 0 Å². The molecule has 78 valence electrons. The van der Waals surface area contributed by atoms with Crippen LogP contribution in [-0.4, -0.2) is 48.3 Å². The maximum Gasteiger partial charge on any atom is 0.234 e. The molecule has 0 aromatic carbocycles. The summed E-state index contributed by atoms with van der Waals surface area (Å²) >= 11 is 0. The predicted octanol–water partition coefficient (Wildman–Crippen LogP) is -0.0570. The predicted molar refractivity (Wildman–Crippen MR) is 51.5 cm³/mol. The fraction of sp³-hybridized carbons (Fsp3) is 0.800. The topological polar surface area (TPSA) is 40.6 Å². The molecule has 0 spiro atoms. The number of carbonyl (C=O) groups excluding carboxylic acids is 2. The molecule has 4 nitrogen and oxygen atoms in total. The lowest BCUT2D eigenvalue weighted by atomic mass is 10.00. The summed E-state index contributed by atoms with van der Waals surface area (Å²) in [6.07, 6.45) is 1.08. The molecular formula is C10H16N2O2. The van der Waals surface area contributed by atoms with Crippen molar-refractivity contribution in [3.05, 3.63) is 0 Å². The van der Waals surface area contributed by atoms with Crippen molar-refractivity contribution in [1.82, 2.24) is 9.80 Å². The van der Waals surface area contributed by atoms with Gasteiger partial charge in [-0.05, 0) is 13.0 Å². The third-order valence-electron chi connectivity index (χ3n) is 3.23. The van der Waals surface area contributed by atoms with Gasteiger partial charge in [-0.15, -0.1) is 0 Å². The number of fused-ring (bicyclic) bond motifs is 1. The number of carbonyl (C=O) groups is 2. The van der Waals surface area contributed by atoms with Crippen molar-refractivity contribution in [3.63, 3.8) is 0 Å². The van der Waals surface area contributed by atoms with Crippen LogP contribution in [0.15, 0.2) is 0 Å². The molecule has 2 saturated heterocycles. The minimum atomic E-state index is -0.0564. The van der Waals surface area contributed by atoms with E-state index in [1.165, 1.54) is 4.90 Å². The van der Waals surface area contributed by atoms with E-state index in [-0.39, 0.29) is 23.7 Å². The quantitative estimate of drug-likeness (QED) is 0.581. The lowest BCUT2D eigenvalue weighted by Crippen LogP contribution is -2.33. The molecule has 0 unspecified atom stereocenters. The summed E-state index contributed by atoms with van der Waals surface area (Å²) in [7, 11) is 1.59. The molecule has 2 amide bonds. The van der Waals surface area contributed by atoms with E-state index in [4.69, 9.17) is 0 Å². The summed E-state index contributed by atoms with van der Waals surface area (Å²) < 4.78 is 0. The Bertz CT molecular complexity index is 253. The Morgan fingerprint density at radius 1 is 1.21 bits per heavy atom. The zero-order valence-electron chi connectivity index (χ0n) is 8.69. The van der Waals surface area contributed by atoms with Gasteiger partial charge in [-0.1, -0.05) is 6.92 Å². The van der Waals surface area contributed by atoms with Gasteiger partial charge in [-0.2, -0.15) is 0 Å². The van der Waals surface area contributed by atoms with Crippen LogP contribution in [-0.2, 0) is 9.59 Å². The normalized spacial score (nSPS) is 32.9. The molecule has 2 heterocycles. The number of amides is 2. The van der Waals surface area contributed by atoms with Crippen LogP contribution in [0.1, 0.15) is 13.3 Å². The van der Waals surface area contributed by atoms with Crippen LogP contribution in [0.25, 0.3) is 0 Å². The van der Waals surface area contributed by atoms with Gasteiger partial charge in [-0.25, -0.2) is 0 Å². The van der Waals surface area contributed by atoms with Gasteiger partial charge < -0.3 is 4.90 Å². The second-order valence-corrected chi connectivity index (χ2v) is 4.21. The monoisotopic (exact) mass is 196 g/mol. The first-order chi connectivity index (χ1) is 6.65. The lowest BCUT2D eigenvalue weighted by Gasteiger charge is -2.16. The van der Waals surface area contributed by atoms with Crippen molar-refractivity contribution in [2.45, 2.75) is 13.3 Å². The SMILES string of the molecule is CCCN1C[C@@H]2C(=O)N(C)C(=O)[C@@H]2C1. The molecule has 2 aliphatic heterocycles. The standard InChI is InChI=1S/C10H16N2O2/c1-3-4-12-5-7-8(6-12)10(14)11(2)9(7)13/h7-8H,3-6H2,1-2H3/t7-,8+. The molecule has 0 aromatic heterocycles. The fourth-order valence-electron chi connectivity index (χ4n) is 2.49. The molecule has 14 heavy (non-hydrogen) atoms. The van der Waals surface area contributed by atoms with Gasteiger partial charge in [0.2, 0.25) is 11.8 Å². The highest BCUT2D eigenvalue weighted by molar-refractivity contribution is 6.05. The van der Waals surface area contributed by atoms with Crippen LogP contribution in [0.3, 0.4) is 0 Å². The summed E-state index contributed by atoms with van der Waals surface area (Å²) in [4.78, 5) is 26.8. The number of hydrogen-bond acceptors (Lipinski definition) is 3. The maximum atomic E-state index is 11.6. The highest BCUT2D eigenvalue weighted by Crippen LogP contribution is 2.32. The van der Waals surface area contributed by atoms with E-state index < -0.39 is 0 Å². The highest BCUT2D eigenvalue weighted by Gasteiger charge is 2.50. The van der Waals surface area contributed by atoms with Gasteiger partial charge >= 0.3 is 0 Å². The number of nitrogens with zero attached hydrogens (tertiary/aromatic N) is 2. The molecule has 0 radical (unpaired) electrons. The molecule has 0 N–H and O–H groups in total. The third kappa shape index (κ3) is 1.25. The smallest absolute Gasteiger partial charge is 0.234 e. The summed E-state index contributed by atoms with van der Waals surface area (Å²) in [5.41, 5.74) is 0. The van der Waals surface area contributed by atoms with E-state index in [1.54, 1.807) is 7.05 Å². The van der Waals surface area contributed by atoms with Crippen molar-refractivity contribution < 1.29 is 9.59 Å². The Kier molecular flexibility index (Phi) is 2.31. The molecule has 2 fully saturated rings. The first-order valence-corrected chi connectivity index (χ1v) is 5.19. The zero-order valence-corrected chi connectivity index (χ0v) is 8.69. The van der Waals surface area contributed by atoms with Crippen molar-refractivity contribution >= 4 is 11.8 Å². The van der Waals surface area contributed by atoms with Gasteiger partial charge in [0.1, 0.15) is 0 Å². The Morgan fingerprint density at radius 2 is 1.71 bits per heavy atom. The van der Waals surface area contributed by atoms with Gasteiger partial charge in [0.05, 0.1) is 11.8 Å². The second-order valence-electron chi connectivity index (χ2n) is 4.21. The summed E-state index contributed by atoms with van der Waals surface area (Å²) in [6, 6.07) is 0. The van der Waals surface area contributed by atoms with Gasteiger partial charge in [-0.3, -0.25) is 14.5 Å². The van der Waals surface area contributed by atoms with E-state index in [1.807, 2.05) is 0 Å². The van der Waals surface area contributed by atoms with Crippen LogP contribution >= 0.6 is 0 Å². The van der Waals surface area contributed by atoms with Crippen molar-refractivity contribution in [2.75, 3.05) is 26.7 Å². The van der Waals surface area contributed by atoms with Gasteiger partial charge in [0.15, 0.2) is 0 Å². The summed E-state index contributed by atoms with van der Waals surface area (Å²) in [5.74, 6) is -0.0877. The molecule has 0 saturated carbocycles. The Labute approximate surface area is 83.9 Å². The third-order valence-corrected chi connectivity index (χ3v) is 3.23. The number of imide groups is 1. The lowest BCUT2D eigenvalue weighted by molar-refractivity contribution is -0.138. The number of rotatable bonds is 2. The Hall–Kier alpha value is -0.900. The van der Waals surface area contributed by atoms with E-state index in [0.717, 1.165) is 26.1 Å². The van der Waals surface area contributed by atoms with Crippen LogP contribution in [0, 0.1) is 11.8 Å². The Balaban J connectivity index is 2.09. The highest BCUT2D eigenvalue weighted by atomic mass is 16.2. The number of likely N-dealkylation sites (tertiary alicyclic amines) is 2. The summed E-state index contributed by atoms with van der Waals surface area (Å²) in [5, 5.41) is 0. The molecule has 2 rings (SSSR count). The molecule has 4 heteroatoms. The molecule has 2 atom stereocenters. The van der Waals surface area contributed by atoms with Crippen LogP contribution in [0.2, 0.25) is 0 Å². The van der Waals surface area contributed by atoms with Crippen molar-refractivity contribution in [3.8, 4) is 0 Å². The van der Waals surface area contributed by atoms with Gasteiger partial charge in [0, 0.05) is 20.1 Å². The molecular weight excluding hydrogens is 180 g/mol.